The average Bonchev–Trinajstić information content (AvgIpc) is 2.81. The van der Waals surface area contributed by atoms with E-state index < -0.39 is 0 Å². The summed E-state index contributed by atoms with van der Waals surface area (Å²) in [5.41, 5.74) is 1.91. The van der Waals surface area contributed by atoms with Crippen LogP contribution in [0.4, 0.5) is 5.82 Å². The topological polar surface area (TPSA) is 51.0 Å². The van der Waals surface area contributed by atoms with Crippen LogP contribution in [0.25, 0.3) is 11.4 Å². The molecule has 1 N–H and O–H groups in total. The molecule has 0 saturated heterocycles. The Labute approximate surface area is 120 Å². The van der Waals surface area contributed by atoms with Crippen molar-refractivity contribution in [2.24, 2.45) is 0 Å². The summed E-state index contributed by atoms with van der Waals surface area (Å²) in [5, 5.41) is 3.12. The molecule has 2 aromatic heterocycles. The van der Waals surface area contributed by atoms with Crippen LogP contribution in [0, 0.1) is 3.57 Å². The molecule has 96 valence electrons. The first kappa shape index (κ1) is 13.3. The Morgan fingerprint density at radius 1 is 1.28 bits per heavy atom. The van der Waals surface area contributed by atoms with Gasteiger partial charge in [-0.3, -0.25) is 0 Å². The van der Waals surface area contributed by atoms with Crippen LogP contribution in [0.3, 0.4) is 0 Å². The van der Waals surface area contributed by atoms with Crippen LogP contribution in [-0.4, -0.2) is 17.0 Å². The lowest BCUT2D eigenvalue weighted by molar-refractivity contribution is 0.562. The van der Waals surface area contributed by atoms with Gasteiger partial charge in [0, 0.05) is 12.5 Å². The monoisotopic (exact) mass is 357 g/mol. The molecule has 0 atom stereocenters. The molecule has 2 heterocycles. The lowest BCUT2D eigenvalue weighted by Crippen LogP contribution is -2.18. The first-order valence-corrected chi connectivity index (χ1v) is 6.79. The molecule has 0 aromatic carbocycles. The predicted octanol–water partition coefficient (Wildman–Crippen LogP) is 3.68. The molecule has 0 aliphatic rings. The number of furan rings is 1. The summed E-state index contributed by atoms with van der Waals surface area (Å²) < 4.78 is 6.16. The van der Waals surface area contributed by atoms with E-state index in [2.05, 4.69) is 58.6 Å². The van der Waals surface area contributed by atoms with Gasteiger partial charge in [-0.25, -0.2) is 9.97 Å². The minimum Gasteiger partial charge on any atom is -0.472 e. The Kier molecular flexibility index (Phi) is 3.61. The summed E-state index contributed by atoms with van der Waals surface area (Å²) in [5.74, 6) is 1.55. The molecule has 0 aliphatic carbocycles. The molecule has 2 aromatic rings. The van der Waals surface area contributed by atoms with E-state index in [0.29, 0.717) is 5.82 Å². The summed E-state index contributed by atoms with van der Waals surface area (Å²) in [6, 6.07) is 1.87. The van der Waals surface area contributed by atoms with E-state index in [4.69, 9.17) is 4.42 Å². The highest BCUT2D eigenvalue weighted by Crippen LogP contribution is 2.31. The highest BCUT2D eigenvalue weighted by atomic mass is 127. The van der Waals surface area contributed by atoms with Gasteiger partial charge in [-0.1, -0.05) is 20.8 Å². The van der Waals surface area contributed by atoms with Gasteiger partial charge < -0.3 is 9.73 Å². The zero-order valence-corrected chi connectivity index (χ0v) is 13.1. The molecule has 0 aliphatic heterocycles. The lowest BCUT2D eigenvalue weighted by Gasteiger charge is -2.21. The highest BCUT2D eigenvalue weighted by molar-refractivity contribution is 14.1. The number of hydrogen-bond acceptors (Lipinski definition) is 4. The van der Waals surface area contributed by atoms with E-state index in [1.165, 1.54) is 0 Å². The standard InChI is InChI=1S/C13H16IN3O/c1-13(2,3)10-9(14)12(15-4)17-11(16-10)8-5-6-18-7-8/h5-7H,1-4H3,(H,15,16,17). The fourth-order valence-corrected chi connectivity index (χ4v) is 2.95. The van der Waals surface area contributed by atoms with Crippen molar-refractivity contribution in [1.82, 2.24) is 9.97 Å². The van der Waals surface area contributed by atoms with Gasteiger partial charge in [0.1, 0.15) is 12.1 Å². The largest absolute Gasteiger partial charge is 0.472 e. The van der Waals surface area contributed by atoms with E-state index in [1.54, 1.807) is 12.5 Å². The molecule has 0 bridgehead atoms. The van der Waals surface area contributed by atoms with Crippen molar-refractivity contribution in [1.29, 1.82) is 0 Å². The summed E-state index contributed by atoms with van der Waals surface area (Å²) in [6.45, 7) is 6.45. The van der Waals surface area contributed by atoms with Gasteiger partial charge in [0.2, 0.25) is 0 Å². The lowest BCUT2D eigenvalue weighted by atomic mass is 9.92. The van der Waals surface area contributed by atoms with E-state index in [1.807, 2.05) is 13.1 Å². The van der Waals surface area contributed by atoms with Gasteiger partial charge in [-0.05, 0) is 28.7 Å². The Bertz CT molecular complexity index is 544. The Balaban J connectivity index is 2.64. The maximum atomic E-state index is 5.10. The zero-order chi connectivity index (χ0) is 13.3. The smallest absolute Gasteiger partial charge is 0.165 e. The maximum absolute atomic E-state index is 5.10. The molecular weight excluding hydrogens is 341 g/mol. The second kappa shape index (κ2) is 4.87. The second-order valence-electron chi connectivity index (χ2n) is 5.07. The van der Waals surface area contributed by atoms with E-state index >= 15 is 0 Å². The molecule has 0 fully saturated rings. The Morgan fingerprint density at radius 2 is 2.00 bits per heavy atom. The summed E-state index contributed by atoms with van der Waals surface area (Å²) in [6.07, 6.45) is 3.29. The summed E-state index contributed by atoms with van der Waals surface area (Å²) in [4.78, 5) is 9.19. The number of nitrogens with one attached hydrogen (secondary N) is 1. The number of anilines is 1. The van der Waals surface area contributed by atoms with Crippen LogP contribution in [0.1, 0.15) is 26.5 Å². The number of hydrogen-bond donors (Lipinski definition) is 1. The first-order chi connectivity index (χ1) is 8.43. The van der Waals surface area contributed by atoms with Crippen LogP contribution >= 0.6 is 22.6 Å². The van der Waals surface area contributed by atoms with Crippen LogP contribution in [0.15, 0.2) is 23.0 Å². The van der Waals surface area contributed by atoms with Gasteiger partial charge in [-0.2, -0.15) is 0 Å². The maximum Gasteiger partial charge on any atom is 0.165 e. The van der Waals surface area contributed by atoms with Gasteiger partial charge >= 0.3 is 0 Å². The van der Waals surface area contributed by atoms with E-state index in [0.717, 1.165) is 20.6 Å². The van der Waals surface area contributed by atoms with Crippen molar-refractivity contribution in [3.05, 3.63) is 27.9 Å². The summed E-state index contributed by atoms with van der Waals surface area (Å²) in [7, 11) is 1.87. The molecule has 2 rings (SSSR count). The highest BCUT2D eigenvalue weighted by Gasteiger charge is 2.23. The molecule has 0 saturated carbocycles. The predicted molar refractivity (Wildman–Crippen MR) is 80.7 cm³/mol. The summed E-state index contributed by atoms with van der Waals surface area (Å²) >= 11 is 2.29. The molecule has 0 unspecified atom stereocenters. The van der Waals surface area contributed by atoms with E-state index in [-0.39, 0.29) is 5.41 Å². The number of nitrogens with zero attached hydrogens (tertiary/aromatic N) is 2. The minimum absolute atomic E-state index is 0.0243. The van der Waals surface area contributed by atoms with Crippen molar-refractivity contribution in [3.63, 3.8) is 0 Å². The fraction of sp³-hybridized carbons (Fsp3) is 0.385. The molecular formula is C13H16IN3O. The van der Waals surface area contributed by atoms with Crippen LogP contribution in [-0.2, 0) is 5.41 Å². The number of halogens is 1. The Hall–Kier alpha value is -1.11. The van der Waals surface area contributed by atoms with Gasteiger partial charge in [-0.15, -0.1) is 0 Å². The van der Waals surface area contributed by atoms with Gasteiger partial charge in [0.25, 0.3) is 0 Å². The Morgan fingerprint density at radius 3 is 2.50 bits per heavy atom. The van der Waals surface area contributed by atoms with Crippen molar-refractivity contribution < 1.29 is 4.42 Å². The van der Waals surface area contributed by atoms with Crippen molar-refractivity contribution in [2.75, 3.05) is 12.4 Å². The van der Waals surface area contributed by atoms with Crippen molar-refractivity contribution >= 4 is 28.4 Å². The number of aromatic nitrogens is 2. The third kappa shape index (κ3) is 2.50. The zero-order valence-electron chi connectivity index (χ0n) is 10.9. The average molecular weight is 357 g/mol. The van der Waals surface area contributed by atoms with Gasteiger partial charge in [0.15, 0.2) is 5.82 Å². The van der Waals surface area contributed by atoms with Crippen LogP contribution in [0.2, 0.25) is 0 Å². The minimum atomic E-state index is -0.0243. The molecule has 4 nitrogen and oxygen atoms in total. The molecule has 0 amide bonds. The SMILES string of the molecule is CNc1nc(-c2ccoc2)nc(C(C)(C)C)c1I. The van der Waals surface area contributed by atoms with E-state index in [9.17, 15) is 0 Å². The molecule has 0 spiro atoms. The third-order valence-electron chi connectivity index (χ3n) is 2.58. The molecule has 18 heavy (non-hydrogen) atoms. The third-order valence-corrected chi connectivity index (χ3v) is 3.60. The fourth-order valence-electron chi connectivity index (χ4n) is 1.63. The van der Waals surface area contributed by atoms with Crippen LogP contribution in [0.5, 0.6) is 0 Å². The number of rotatable bonds is 2. The normalized spacial score (nSPS) is 11.6. The molecule has 5 heteroatoms. The van der Waals surface area contributed by atoms with Crippen LogP contribution < -0.4 is 5.32 Å². The first-order valence-electron chi connectivity index (χ1n) is 5.72. The molecule has 0 radical (unpaired) electrons. The second-order valence-corrected chi connectivity index (χ2v) is 6.15. The quantitative estimate of drug-likeness (QED) is 0.834. The van der Waals surface area contributed by atoms with Crippen molar-refractivity contribution in [3.8, 4) is 11.4 Å². The van der Waals surface area contributed by atoms with Crippen molar-refractivity contribution in [2.45, 2.75) is 26.2 Å². The van der Waals surface area contributed by atoms with Gasteiger partial charge in [0.05, 0.1) is 21.1 Å².